The highest BCUT2D eigenvalue weighted by Gasteiger charge is 2.53. The van der Waals surface area contributed by atoms with Crippen molar-refractivity contribution in [2.45, 2.75) is 31.6 Å². The first-order valence-electron chi connectivity index (χ1n) is 6.68. The van der Waals surface area contributed by atoms with Crippen LogP contribution < -0.4 is 5.53 Å². The number of hydrogen-bond donors (Lipinski definition) is 1. The molecule has 0 radical (unpaired) electrons. The average molecular weight is 316 g/mol. The van der Waals surface area contributed by atoms with Gasteiger partial charge in [0, 0.05) is 0 Å². The van der Waals surface area contributed by atoms with Crippen molar-refractivity contribution < 1.29 is 22.7 Å². The van der Waals surface area contributed by atoms with Gasteiger partial charge in [-0.05, 0) is 12.0 Å². The molecule has 6 nitrogen and oxygen atoms in total. The SMILES string of the molecule is CCCOC(=O)N1NN=NC(c2ccccc2)C1C(F)(F)F. The number of hydrogen-bond acceptors (Lipinski definition) is 5. The molecule has 0 aromatic heterocycles. The molecule has 22 heavy (non-hydrogen) atoms. The van der Waals surface area contributed by atoms with Crippen molar-refractivity contribution in [1.29, 1.82) is 0 Å². The smallest absolute Gasteiger partial charge is 0.430 e. The molecule has 9 heteroatoms. The third-order valence-corrected chi connectivity index (χ3v) is 3.01. The van der Waals surface area contributed by atoms with Crippen LogP contribution in [0.4, 0.5) is 18.0 Å². The summed E-state index contributed by atoms with van der Waals surface area (Å²) >= 11 is 0. The molecular formula is C13H15F3N4O2. The molecule has 0 fully saturated rings. The number of nitrogens with zero attached hydrogens (tertiary/aromatic N) is 3. The Labute approximate surface area is 124 Å². The van der Waals surface area contributed by atoms with Crippen LogP contribution in [0, 0.1) is 0 Å². The summed E-state index contributed by atoms with van der Waals surface area (Å²) in [6, 6.07) is 4.33. The predicted molar refractivity (Wildman–Crippen MR) is 70.5 cm³/mol. The average Bonchev–Trinajstić information content (AvgIpc) is 2.52. The number of halogens is 3. The molecule has 0 saturated carbocycles. The van der Waals surface area contributed by atoms with Crippen LogP contribution in [0.3, 0.4) is 0 Å². The highest BCUT2D eigenvalue weighted by molar-refractivity contribution is 5.67. The molecule has 1 N–H and O–H groups in total. The van der Waals surface area contributed by atoms with Gasteiger partial charge in [0.2, 0.25) is 0 Å². The number of nitrogens with one attached hydrogen (secondary N) is 1. The van der Waals surface area contributed by atoms with Gasteiger partial charge in [-0.1, -0.05) is 42.5 Å². The Kier molecular flexibility index (Phi) is 4.84. The molecule has 0 bridgehead atoms. The Hall–Kier alpha value is -2.32. The second-order valence-electron chi connectivity index (χ2n) is 4.64. The molecule has 1 amide bonds. The van der Waals surface area contributed by atoms with Gasteiger partial charge in [-0.3, -0.25) is 0 Å². The molecule has 1 aromatic rings. The summed E-state index contributed by atoms with van der Waals surface area (Å²) in [6.07, 6.45) is -5.33. The monoisotopic (exact) mass is 316 g/mol. The van der Waals surface area contributed by atoms with Crippen LogP contribution in [0.2, 0.25) is 0 Å². The molecule has 1 aliphatic heterocycles. The second-order valence-corrected chi connectivity index (χ2v) is 4.64. The van der Waals surface area contributed by atoms with Crippen molar-refractivity contribution >= 4 is 6.09 Å². The Morgan fingerprint density at radius 1 is 1.36 bits per heavy atom. The molecule has 1 heterocycles. The molecule has 0 spiro atoms. The zero-order chi connectivity index (χ0) is 16.2. The van der Waals surface area contributed by atoms with Crippen molar-refractivity contribution in [3.05, 3.63) is 35.9 Å². The summed E-state index contributed by atoms with van der Waals surface area (Å²) in [5.41, 5.74) is 2.29. The van der Waals surface area contributed by atoms with E-state index in [9.17, 15) is 18.0 Å². The van der Waals surface area contributed by atoms with Crippen LogP contribution in [0.15, 0.2) is 40.7 Å². The van der Waals surface area contributed by atoms with Gasteiger partial charge in [0.1, 0.15) is 6.04 Å². The number of amides is 1. The topological polar surface area (TPSA) is 66.3 Å². The maximum absolute atomic E-state index is 13.4. The van der Waals surface area contributed by atoms with Gasteiger partial charge in [-0.15, -0.1) is 0 Å². The van der Waals surface area contributed by atoms with Crippen LogP contribution >= 0.6 is 0 Å². The number of carbonyl (C=O) groups excluding carboxylic acids is 1. The van der Waals surface area contributed by atoms with E-state index in [-0.39, 0.29) is 6.61 Å². The van der Waals surface area contributed by atoms with E-state index in [4.69, 9.17) is 4.74 Å². The fraction of sp³-hybridized carbons (Fsp3) is 0.462. The number of ether oxygens (including phenoxy) is 1. The lowest BCUT2D eigenvalue weighted by molar-refractivity contribution is -0.197. The first-order valence-corrected chi connectivity index (χ1v) is 6.68. The lowest BCUT2D eigenvalue weighted by atomic mass is 9.99. The Balaban J connectivity index is 2.32. The van der Waals surface area contributed by atoms with Gasteiger partial charge < -0.3 is 4.74 Å². The summed E-state index contributed by atoms with van der Waals surface area (Å²) in [7, 11) is 0. The zero-order valence-electron chi connectivity index (χ0n) is 11.7. The summed E-state index contributed by atoms with van der Waals surface area (Å²) in [5.74, 6) is 0. The molecule has 1 aliphatic rings. The maximum Gasteiger partial charge on any atom is 0.430 e. The third-order valence-electron chi connectivity index (χ3n) is 3.01. The minimum absolute atomic E-state index is 0.0226. The highest BCUT2D eigenvalue weighted by atomic mass is 19.4. The van der Waals surface area contributed by atoms with Crippen LogP contribution in [0.5, 0.6) is 0 Å². The van der Waals surface area contributed by atoms with Crippen molar-refractivity contribution in [2.24, 2.45) is 10.3 Å². The molecule has 1 aromatic carbocycles. The normalized spacial score (nSPS) is 21.4. The second kappa shape index (κ2) is 6.63. The minimum atomic E-state index is -4.70. The summed E-state index contributed by atoms with van der Waals surface area (Å²) in [5, 5.41) is 7.35. The quantitative estimate of drug-likeness (QED) is 0.929. The number of benzene rings is 1. The molecule has 2 atom stereocenters. The Morgan fingerprint density at radius 2 is 2.05 bits per heavy atom. The highest BCUT2D eigenvalue weighted by Crippen LogP contribution is 2.38. The predicted octanol–water partition coefficient (Wildman–Crippen LogP) is 3.39. The number of carbonyl (C=O) groups is 1. The van der Waals surface area contributed by atoms with Gasteiger partial charge in [0.15, 0.2) is 6.04 Å². The maximum atomic E-state index is 13.4. The van der Waals surface area contributed by atoms with E-state index < -0.39 is 24.4 Å². The van der Waals surface area contributed by atoms with Crippen molar-refractivity contribution in [2.75, 3.05) is 6.61 Å². The van der Waals surface area contributed by atoms with E-state index in [0.717, 1.165) is 0 Å². The number of alkyl halides is 3. The summed E-state index contributed by atoms with van der Waals surface area (Å²) in [6.45, 7) is 1.76. The Morgan fingerprint density at radius 3 is 2.64 bits per heavy atom. The fourth-order valence-corrected chi connectivity index (χ4v) is 2.04. The van der Waals surface area contributed by atoms with E-state index in [1.54, 1.807) is 25.1 Å². The van der Waals surface area contributed by atoms with E-state index in [1.165, 1.54) is 12.1 Å². The van der Waals surface area contributed by atoms with Crippen LogP contribution in [-0.2, 0) is 4.74 Å². The van der Waals surface area contributed by atoms with E-state index in [0.29, 0.717) is 17.0 Å². The summed E-state index contributed by atoms with van der Waals surface area (Å²) < 4.78 is 45.0. The van der Waals surface area contributed by atoms with Crippen LogP contribution in [0.25, 0.3) is 0 Å². The van der Waals surface area contributed by atoms with Crippen molar-refractivity contribution in [3.63, 3.8) is 0 Å². The third kappa shape index (κ3) is 3.46. The minimum Gasteiger partial charge on any atom is -0.448 e. The van der Waals surface area contributed by atoms with Crippen molar-refractivity contribution in [3.8, 4) is 0 Å². The van der Waals surface area contributed by atoms with Gasteiger partial charge in [-0.2, -0.15) is 28.8 Å². The molecule has 2 unspecified atom stereocenters. The van der Waals surface area contributed by atoms with Crippen molar-refractivity contribution in [1.82, 2.24) is 10.5 Å². The lowest BCUT2D eigenvalue weighted by Crippen LogP contribution is -2.58. The van der Waals surface area contributed by atoms with Crippen LogP contribution in [-0.4, -0.2) is 29.9 Å². The summed E-state index contributed by atoms with van der Waals surface area (Å²) in [4.78, 5) is 11.8. The van der Waals surface area contributed by atoms with E-state index in [2.05, 4.69) is 10.3 Å². The van der Waals surface area contributed by atoms with Gasteiger partial charge in [0.25, 0.3) is 0 Å². The molecule has 120 valence electrons. The van der Waals surface area contributed by atoms with E-state index in [1.807, 2.05) is 5.53 Å². The molecule has 2 rings (SSSR count). The van der Waals surface area contributed by atoms with E-state index >= 15 is 0 Å². The Bertz CT molecular complexity index is 536. The van der Waals surface area contributed by atoms with Gasteiger partial charge in [-0.25, -0.2) is 4.79 Å². The number of rotatable bonds is 3. The first kappa shape index (κ1) is 16.1. The fourth-order valence-electron chi connectivity index (χ4n) is 2.04. The zero-order valence-corrected chi connectivity index (χ0v) is 11.7. The van der Waals surface area contributed by atoms with Gasteiger partial charge in [0.05, 0.1) is 6.61 Å². The number of hydrazine groups is 1. The lowest BCUT2D eigenvalue weighted by Gasteiger charge is -2.36. The standard InChI is InChI=1S/C13H15F3N4O2/c1-2-8-22-12(21)20-11(13(14,15)16)10(17-18-19-20)9-6-4-3-5-7-9/h3-7,10-11H,2,8H2,1H3,(H,17,19). The molecule has 0 aliphatic carbocycles. The van der Waals surface area contributed by atoms with Gasteiger partial charge >= 0.3 is 12.3 Å². The first-order chi connectivity index (χ1) is 10.4. The molecular weight excluding hydrogens is 301 g/mol. The largest absolute Gasteiger partial charge is 0.448 e. The van der Waals surface area contributed by atoms with Crippen LogP contribution in [0.1, 0.15) is 24.9 Å². The molecule has 0 saturated heterocycles.